The molecule has 0 saturated heterocycles. The zero-order valence-corrected chi connectivity index (χ0v) is 14.3. The van der Waals surface area contributed by atoms with Gasteiger partial charge in [0, 0.05) is 19.0 Å². The highest BCUT2D eigenvalue weighted by Gasteiger charge is 2.17. The number of amides is 1. The Labute approximate surface area is 142 Å². The molecular formula is C18H23NO5. The molecule has 0 fully saturated rings. The van der Waals surface area contributed by atoms with Gasteiger partial charge in [0.25, 0.3) is 0 Å². The Bertz CT molecular complexity index is 594. The number of ether oxygens (including phenoxy) is 2. The maximum Gasteiger partial charge on any atom is 0.407 e. The molecule has 24 heavy (non-hydrogen) atoms. The number of ketones is 1. The van der Waals surface area contributed by atoms with E-state index in [9.17, 15) is 14.4 Å². The van der Waals surface area contributed by atoms with Gasteiger partial charge in [-0.15, -0.1) is 0 Å². The first kappa shape index (κ1) is 19.5. The van der Waals surface area contributed by atoms with Crippen molar-refractivity contribution in [3.63, 3.8) is 0 Å². The number of Topliss-reactive ketones (excluding diaryl/α,β-unsaturated/α-hetero) is 1. The van der Waals surface area contributed by atoms with Gasteiger partial charge in [-0.2, -0.15) is 0 Å². The Morgan fingerprint density at radius 2 is 2.21 bits per heavy atom. The first-order valence-electron chi connectivity index (χ1n) is 7.93. The highest BCUT2D eigenvalue weighted by molar-refractivity contribution is 5.93. The van der Waals surface area contributed by atoms with Gasteiger partial charge in [0.15, 0.2) is 6.10 Å². The summed E-state index contributed by atoms with van der Waals surface area (Å²) in [6, 6.07) is -0.00919. The molecule has 0 bridgehead atoms. The Morgan fingerprint density at radius 3 is 2.88 bits per heavy atom. The van der Waals surface area contributed by atoms with Crippen LogP contribution in [0.4, 0.5) is 4.79 Å². The summed E-state index contributed by atoms with van der Waals surface area (Å²) in [5.41, 5.74) is 0.947. The van der Waals surface area contributed by atoms with Crippen molar-refractivity contribution >= 4 is 17.8 Å². The van der Waals surface area contributed by atoms with Crippen LogP contribution in [0.3, 0.4) is 0 Å². The molecule has 0 aliphatic heterocycles. The molecule has 1 rings (SSSR count). The topological polar surface area (TPSA) is 81.7 Å². The molecule has 0 saturated carbocycles. The first-order valence-corrected chi connectivity index (χ1v) is 7.93. The number of nitrogens with one attached hydrogen (secondary N) is 1. The van der Waals surface area contributed by atoms with Gasteiger partial charge in [-0.1, -0.05) is 18.1 Å². The molecule has 0 unspecified atom stereocenters. The van der Waals surface area contributed by atoms with E-state index in [1.807, 2.05) is 6.08 Å². The molecule has 0 heterocycles. The summed E-state index contributed by atoms with van der Waals surface area (Å²) in [5, 5.41) is 2.79. The van der Waals surface area contributed by atoms with E-state index in [-0.39, 0.29) is 11.8 Å². The lowest BCUT2D eigenvalue weighted by atomic mass is 9.94. The zero-order chi connectivity index (χ0) is 17.9. The number of carbonyl (C=O) groups excluding carboxylic acids is 3. The van der Waals surface area contributed by atoms with Crippen LogP contribution in [0, 0.1) is 11.8 Å². The van der Waals surface area contributed by atoms with Gasteiger partial charge in [0.2, 0.25) is 5.78 Å². The van der Waals surface area contributed by atoms with Crippen molar-refractivity contribution in [1.82, 2.24) is 5.32 Å². The molecule has 1 aliphatic carbocycles. The van der Waals surface area contributed by atoms with Crippen molar-refractivity contribution < 1.29 is 23.9 Å². The Hall–Kier alpha value is -2.55. The summed E-state index contributed by atoms with van der Waals surface area (Å²) in [7, 11) is 0. The van der Waals surface area contributed by atoms with E-state index < -0.39 is 18.2 Å². The molecule has 2 atom stereocenters. The standard InChI is InChI=1S/C18H23NO5/c1-4-23-18(22)19-16-7-5-6-15(12-16)10-11-17(21)24-14(3)9-8-13(2)20/h6,10-11,14,16H,4-5,7,12H2,1-3H3,(H,19,22)/b11-10+/t14-,16-/m1/s1. The Balaban J connectivity index is 2.47. The third-order valence-electron chi connectivity index (χ3n) is 3.18. The largest absolute Gasteiger partial charge is 0.450 e. The molecular weight excluding hydrogens is 310 g/mol. The molecule has 130 valence electrons. The van der Waals surface area contributed by atoms with Crippen molar-refractivity contribution in [3.05, 3.63) is 23.8 Å². The number of rotatable bonds is 5. The molecule has 0 radical (unpaired) electrons. The van der Waals surface area contributed by atoms with Crippen LogP contribution in [0.15, 0.2) is 23.8 Å². The average Bonchev–Trinajstić information content (AvgIpc) is 2.51. The maximum absolute atomic E-state index is 11.7. The van der Waals surface area contributed by atoms with E-state index >= 15 is 0 Å². The number of hydrogen-bond donors (Lipinski definition) is 1. The van der Waals surface area contributed by atoms with Crippen LogP contribution in [-0.4, -0.2) is 36.6 Å². The van der Waals surface area contributed by atoms with Gasteiger partial charge >= 0.3 is 12.1 Å². The molecule has 0 aromatic heterocycles. The van der Waals surface area contributed by atoms with Gasteiger partial charge in [-0.05, 0) is 44.6 Å². The van der Waals surface area contributed by atoms with Crippen LogP contribution in [0.1, 0.15) is 40.0 Å². The lowest BCUT2D eigenvalue weighted by molar-refractivity contribution is -0.139. The maximum atomic E-state index is 11.7. The van der Waals surface area contributed by atoms with Crippen molar-refractivity contribution in [1.29, 1.82) is 0 Å². The summed E-state index contributed by atoms with van der Waals surface area (Å²) in [4.78, 5) is 33.9. The minimum absolute atomic E-state index is 0.00919. The second kappa shape index (κ2) is 10.3. The van der Waals surface area contributed by atoms with E-state index in [2.05, 4.69) is 17.2 Å². The van der Waals surface area contributed by atoms with Crippen molar-refractivity contribution in [3.8, 4) is 11.8 Å². The van der Waals surface area contributed by atoms with E-state index in [4.69, 9.17) is 9.47 Å². The molecule has 0 spiro atoms. The minimum Gasteiger partial charge on any atom is -0.450 e. The van der Waals surface area contributed by atoms with Gasteiger partial charge in [-0.3, -0.25) is 4.79 Å². The third-order valence-corrected chi connectivity index (χ3v) is 3.18. The molecule has 1 aliphatic rings. The Morgan fingerprint density at radius 1 is 1.46 bits per heavy atom. The fraction of sp³-hybridized carbons (Fsp3) is 0.500. The van der Waals surface area contributed by atoms with Gasteiger partial charge in [-0.25, -0.2) is 9.59 Å². The van der Waals surface area contributed by atoms with Crippen LogP contribution in [0.25, 0.3) is 0 Å². The second-order valence-electron chi connectivity index (χ2n) is 5.36. The lowest BCUT2D eigenvalue weighted by Crippen LogP contribution is -2.36. The normalized spacial score (nSPS) is 18.0. The lowest BCUT2D eigenvalue weighted by Gasteiger charge is -2.22. The Kier molecular flexibility index (Phi) is 8.34. The number of esters is 1. The summed E-state index contributed by atoms with van der Waals surface area (Å²) in [6.45, 7) is 5.03. The third kappa shape index (κ3) is 8.18. The fourth-order valence-corrected chi connectivity index (χ4v) is 2.16. The molecule has 6 heteroatoms. The van der Waals surface area contributed by atoms with Crippen LogP contribution in [-0.2, 0) is 19.1 Å². The summed E-state index contributed by atoms with van der Waals surface area (Å²) in [5.74, 6) is 4.07. The molecule has 0 aromatic carbocycles. The smallest absolute Gasteiger partial charge is 0.407 e. The number of hydrogen-bond acceptors (Lipinski definition) is 5. The highest BCUT2D eigenvalue weighted by atomic mass is 16.5. The van der Waals surface area contributed by atoms with Gasteiger partial charge < -0.3 is 14.8 Å². The minimum atomic E-state index is -0.649. The number of allylic oxidation sites excluding steroid dienone is 2. The monoisotopic (exact) mass is 333 g/mol. The van der Waals surface area contributed by atoms with E-state index in [1.165, 1.54) is 13.0 Å². The van der Waals surface area contributed by atoms with E-state index in [1.54, 1.807) is 19.9 Å². The second-order valence-corrected chi connectivity index (χ2v) is 5.36. The summed E-state index contributed by atoms with van der Waals surface area (Å²) < 4.78 is 9.91. The van der Waals surface area contributed by atoms with Gasteiger partial charge in [0.05, 0.1) is 6.61 Å². The molecule has 1 amide bonds. The fourth-order valence-electron chi connectivity index (χ4n) is 2.16. The number of carbonyl (C=O) groups is 3. The summed E-state index contributed by atoms with van der Waals surface area (Å²) >= 11 is 0. The van der Waals surface area contributed by atoms with E-state index in [0.717, 1.165) is 18.4 Å². The van der Waals surface area contributed by atoms with Crippen LogP contribution in [0.5, 0.6) is 0 Å². The average molecular weight is 333 g/mol. The zero-order valence-electron chi connectivity index (χ0n) is 14.3. The molecule has 6 nitrogen and oxygen atoms in total. The van der Waals surface area contributed by atoms with Crippen LogP contribution < -0.4 is 5.32 Å². The van der Waals surface area contributed by atoms with Crippen molar-refractivity contribution in [2.75, 3.05) is 6.61 Å². The predicted octanol–water partition coefficient (Wildman–Crippen LogP) is 2.29. The van der Waals surface area contributed by atoms with Crippen molar-refractivity contribution in [2.45, 2.75) is 52.2 Å². The highest BCUT2D eigenvalue weighted by Crippen LogP contribution is 2.19. The SMILES string of the molecule is CCOC(=O)N[C@@H]1CCC=C(/C=C/C(=O)O[C@H](C)C#CC(C)=O)C1. The predicted molar refractivity (Wildman–Crippen MR) is 89.0 cm³/mol. The van der Waals surface area contributed by atoms with E-state index in [0.29, 0.717) is 13.0 Å². The first-order chi connectivity index (χ1) is 11.4. The summed E-state index contributed by atoms with van der Waals surface area (Å²) in [6.07, 6.45) is 6.21. The quantitative estimate of drug-likeness (QED) is 0.361. The molecule has 1 N–H and O–H groups in total. The van der Waals surface area contributed by atoms with Crippen LogP contribution >= 0.6 is 0 Å². The number of alkyl carbamates (subject to hydrolysis) is 1. The van der Waals surface area contributed by atoms with Crippen molar-refractivity contribution in [2.24, 2.45) is 0 Å². The van der Waals surface area contributed by atoms with Gasteiger partial charge in [0.1, 0.15) is 0 Å². The molecule has 0 aromatic rings. The van der Waals surface area contributed by atoms with Crippen LogP contribution in [0.2, 0.25) is 0 Å².